The van der Waals surface area contributed by atoms with E-state index in [4.69, 9.17) is 9.47 Å². The van der Waals surface area contributed by atoms with E-state index < -0.39 is 11.7 Å². The van der Waals surface area contributed by atoms with Crippen LogP contribution in [0.3, 0.4) is 0 Å². The third kappa shape index (κ3) is 3.97. The third-order valence-corrected chi connectivity index (χ3v) is 5.27. The highest BCUT2D eigenvalue weighted by molar-refractivity contribution is 5.84. The van der Waals surface area contributed by atoms with Crippen LogP contribution in [0.2, 0.25) is 0 Å². The van der Waals surface area contributed by atoms with E-state index >= 15 is 0 Å². The zero-order valence-electron chi connectivity index (χ0n) is 15.0. The Bertz CT molecular complexity index is 582. The lowest BCUT2D eigenvalue weighted by atomic mass is 9.87. The Hall–Kier alpha value is -1.63. The van der Waals surface area contributed by atoms with E-state index in [2.05, 4.69) is 10.2 Å². The van der Waals surface area contributed by atoms with Crippen molar-refractivity contribution >= 4 is 5.91 Å². The van der Waals surface area contributed by atoms with E-state index in [1.54, 1.807) is 7.05 Å². The molecule has 2 fully saturated rings. The van der Waals surface area contributed by atoms with Crippen molar-refractivity contribution in [3.05, 3.63) is 30.3 Å². The van der Waals surface area contributed by atoms with Crippen molar-refractivity contribution < 1.29 is 19.4 Å². The number of nitrogens with one attached hydrogen (secondary N) is 1. The zero-order valence-corrected chi connectivity index (χ0v) is 15.0. The van der Waals surface area contributed by atoms with Crippen LogP contribution in [0, 0.1) is 0 Å². The Morgan fingerprint density at radius 3 is 2.84 bits per heavy atom. The first kappa shape index (κ1) is 18.2. The summed E-state index contributed by atoms with van der Waals surface area (Å²) in [4.78, 5) is 14.3. The number of benzene rings is 1. The molecule has 1 heterocycles. The van der Waals surface area contributed by atoms with Crippen molar-refractivity contribution in [3.8, 4) is 5.75 Å². The highest BCUT2D eigenvalue weighted by atomic mass is 16.5. The molecule has 4 atom stereocenters. The number of hydrogen-bond donors (Lipinski definition) is 2. The SMILES string of the molecule is CNC(=O)C1(C)CN([C@H]2CCC[C@@H](Oc3ccccc3)[C@@H]2O)CCO1. The summed E-state index contributed by atoms with van der Waals surface area (Å²) < 4.78 is 11.8. The van der Waals surface area contributed by atoms with Crippen LogP contribution in [0.5, 0.6) is 5.75 Å². The summed E-state index contributed by atoms with van der Waals surface area (Å²) in [7, 11) is 1.62. The van der Waals surface area contributed by atoms with Crippen molar-refractivity contribution in [1.82, 2.24) is 10.2 Å². The summed E-state index contributed by atoms with van der Waals surface area (Å²) in [6, 6.07) is 9.61. The number of hydrogen-bond acceptors (Lipinski definition) is 5. The maximum Gasteiger partial charge on any atom is 0.253 e. The molecule has 1 aromatic carbocycles. The van der Waals surface area contributed by atoms with Gasteiger partial charge in [0.1, 0.15) is 18.0 Å². The summed E-state index contributed by atoms with van der Waals surface area (Å²) in [5.41, 5.74) is -0.875. The van der Waals surface area contributed by atoms with E-state index in [1.165, 1.54) is 0 Å². The van der Waals surface area contributed by atoms with Crippen LogP contribution in [-0.2, 0) is 9.53 Å². The Morgan fingerprint density at radius 1 is 1.36 bits per heavy atom. The maximum absolute atomic E-state index is 12.2. The number of morpholine rings is 1. The van der Waals surface area contributed by atoms with E-state index in [0.29, 0.717) is 19.7 Å². The number of carbonyl (C=O) groups is 1. The Kier molecular flexibility index (Phi) is 5.61. The van der Waals surface area contributed by atoms with Gasteiger partial charge in [-0.3, -0.25) is 9.69 Å². The van der Waals surface area contributed by atoms with Gasteiger partial charge in [0.15, 0.2) is 5.60 Å². The summed E-state index contributed by atoms with van der Waals surface area (Å²) in [5, 5.41) is 13.6. The molecule has 0 bridgehead atoms. The summed E-state index contributed by atoms with van der Waals surface area (Å²) in [5.74, 6) is 0.656. The molecule has 138 valence electrons. The number of likely N-dealkylation sites (N-methyl/N-ethyl adjacent to an activating group) is 1. The molecule has 25 heavy (non-hydrogen) atoms. The fourth-order valence-electron chi connectivity index (χ4n) is 3.90. The number of para-hydroxylation sites is 1. The average Bonchev–Trinajstić information content (AvgIpc) is 2.63. The van der Waals surface area contributed by atoms with Crippen LogP contribution >= 0.6 is 0 Å². The minimum atomic E-state index is -0.875. The first-order valence-corrected chi connectivity index (χ1v) is 9.03. The minimum absolute atomic E-state index is 0.0182. The second-order valence-electron chi connectivity index (χ2n) is 7.09. The predicted molar refractivity (Wildman–Crippen MR) is 94.5 cm³/mol. The summed E-state index contributed by atoms with van der Waals surface area (Å²) in [6.45, 7) is 3.49. The summed E-state index contributed by atoms with van der Waals surface area (Å²) in [6.07, 6.45) is 1.92. The van der Waals surface area contributed by atoms with Crippen molar-refractivity contribution in [1.29, 1.82) is 0 Å². The molecule has 2 N–H and O–H groups in total. The zero-order chi connectivity index (χ0) is 17.9. The number of amides is 1. The summed E-state index contributed by atoms with van der Waals surface area (Å²) >= 11 is 0. The number of rotatable bonds is 4. The minimum Gasteiger partial charge on any atom is -0.488 e. The second-order valence-corrected chi connectivity index (χ2v) is 7.09. The molecular weight excluding hydrogens is 320 g/mol. The Morgan fingerprint density at radius 2 is 2.12 bits per heavy atom. The van der Waals surface area contributed by atoms with Gasteiger partial charge < -0.3 is 19.9 Å². The van der Waals surface area contributed by atoms with Gasteiger partial charge in [0.05, 0.1) is 6.61 Å². The Balaban J connectivity index is 1.68. The lowest BCUT2D eigenvalue weighted by Gasteiger charge is -2.46. The van der Waals surface area contributed by atoms with Crippen LogP contribution in [0.4, 0.5) is 0 Å². The molecule has 1 amide bonds. The van der Waals surface area contributed by atoms with Crippen LogP contribution in [-0.4, -0.2) is 66.5 Å². The quantitative estimate of drug-likeness (QED) is 0.855. The van der Waals surface area contributed by atoms with Gasteiger partial charge in [-0.25, -0.2) is 0 Å². The molecule has 3 rings (SSSR count). The highest BCUT2D eigenvalue weighted by Crippen LogP contribution is 2.30. The van der Waals surface area contributed by atoms with E-state index in [-0.39, 0.29) is 18.1 Å². The molecule has 1 saturated carbocycles. The fourth-order valence-corrected chi connectivity index (χ4v) is 3.90. The molecule has 6 heteroatoms. The van der Waals surface area contributed by atoms with Crippen molar-refractivity contribution in [2.75, 3.05) is 26.7 Å². The monoisotopic (exact) mass is 348 g/mol. The number of aliphatic hydroxyl groups is 1. The molecule has 0 spiro atoms. The molecule has 1 aliphatic carbocycles. The first-order chi connectivity index (χ1) is 12.0. The molecule has 1 aromatic rings. The lowest BCUT2D eigenvalue weighted by molar-refractivity contribution is -0.165. The molecule has 0 radical (unpaired) electrons. The normalized spacial score (nSPS) is 33.6. The van der Waals surface area contributed by atoms with Crippen LogP contribution in [0.15, 0.2) is 30.3 Å². The van der Waals surface area contributed by atoms with Crippen molar-refractivity contribution in [2.45, 2.75) is 50.0 Å². The predicted octanol–water partition coefficient (Wildman–Crippen LogP) is 1.18. The third-order valence-electron chi connectivity index (χ3n) is 5.27. The van der Waals surface area contributed by atoms with Crippen molar-refractivity contribution in [3.63, 3.8) is 0 Å². The van der Waals surface area contributed by atoms with E-state index in [9.17, 15) is 9.90 Å². The van der Waals surface area contributed by atoms with Gasteiger partial charge in [0.25, 0.3) is 5.91 Å². The average molecular weight is 348 g/mol. The second kappa shape index (κ2) is 7.72. The van der Waals surface area contributed by atoms with Crippen LogP contribution in [0.1, 0.15) is 26.2 Å². The largest absolute Gasteiger partial charge is 0.488 e. The van der Waals surface area contributed by atoms with Crippen LogP contribution in [0.25, 0.3) is 0 Å². The molecule has 6 nitrogen and oxygen atoms in total. The van der Waals surface area contributed by atoms with Crippen LogP contribution < -0.4 is 10.1 Å². The Labute approximate surface area is 149 Å². The van der Waals surface area contributed by atoms with Gasteiger partial charge in [-0.2, -0.15) is 0 Å². The van der Waals surface area contributed by atoms with Gasteiger partial charge in [-0.05, 0) is 38.3 Å². The van der Waals surface area contributed by atoms with E-state index in [1.807, 2.05) is 37.3 Å². The number of aliphatic hydroxyl groups excluding tert-OH is 1. The molecule has 1 unspecified atom stereocenters. The maximum atomic E-state index is 12.2. The molecule has 2 aliphatic rings. The highest BCUT2D eigenvalue weighted by Gasteiger charge is 2.44. The van der Waals surface area contributed by atoms with Gasteiger partial charge in [0, 0.05) is 26.2 Å². The van der Waals surface area contributed by atoms with Gasteiger partial charge in [0.2, 0.25) is 0 Å². The van der Waals surface area contributed by atoms with Gasteiger partial charge >= 0.3 is 0 Å². The van der Waals surface area contributed by atoms with Gasteiger partial charge in [-0.1, -0.05) is 18.2 Å². The first-order valence-electron chi connectivity index (χ1n) is 9.03. The number of nitrogens with zero attached hydrogens (tertiary/aromatic N) is 1. The topological polar surface area (TPSA) is 71.0 Å². The van der Waals surface area contributed by atoms with E-state index in [0.717, 1.165) is 25.0 Å². The number of ether oxygens (including phenoxy) is 2. The fraction of sp³-hybridized carbons (Fsp3) is 0.632. The lowest BCUT2D eigenvalue weighted by Crippen LogP contribution is -2.63. The van der Waals surface area contributed by atoms with Gasteiger partial charge in [-0.15, -0.1) is 0 Å². The standard InChI is InChI=1S/C19H28N2O4/c1-19(18(23)20-2)13-21(11-12-24-19)15-9-6-10-16(17(15)22)25-14-7-4-3-5-8-14/h3-5,7-8,15-17,22H,6,9-13H2,1-2H3,(H,20,23)/t15-,16+,17+,19?/m0/s1. The van der Waals surface area contributed by atoms with Crippen molar-refractivity contribution in [2.24, 2.45) is 0 Å². The molecule has 0 aromatic heterocycles. The smallest absolute Gasteiger partial charge is 0.253 e. The molecule has 1 aliphatic heterocycles. The molecular formula is C19H28N2O4. The number of carbonyl (C=O) groups excluding carboxylic acids is 1. The molecule has 1 saturated heterocycles.